The van der Waals surface area contributed by atoms with Crippen molar-refractivity contribution in [3.8, 4) is 5.75 Å². The van der Waals surface area contributed by atoms with Crippen molar-refractivity contribution in [3.05, 3.63) is 24.3 Å². The lowest BCUT2D eigenvalue weighted by atomic mass is 10.2. The summed E-state index contributed by atoms with van der Waals surface area (Å²) in [7, 11) is 3.45. The van der Waals surface area contributed by atoms with E-state index in [-0.39, 0.29) is 12.5 Å². The van der Waals surface area contributed by atoms with Gasteiger partial charge in [0.1, 0.15) is 5.75 Å². The van der Waals surface area contributed by atoms with E-state index in [1.165, 1.54) is 0 Å². The second-order valence-corrected chi connectivity index (χ2v) is 5.90. The fraction of sp³-hybridized carbons (Fsp3) is 0.556. The molecule has 1 heterocycles. The second-order valence-electron chi connectivity index (χ2n) is 5.90. The highest BCUT2D eigenvalue weighted by atomic mass is 16.5. The summed E-state index contributed by atoms with van der Waals surface area (Å²) in [5.41, 5.74) is 1.12. The van der Waals surface area contributed by atoms with Crippen LogP contribution in [-0.2, 0) is 4.79 Å². The van der Waals surface area contributed by atoms with Gasteiger partial charge in [-0.05, 0) is 18.6 Å². The van der Waals surface area contributed by atoms with Crippen LogP contribution >= 0.6 is 0 Å². The van der Waals surface area contributed by atoms with Gasteiger partial charge in [-0.15, -0.1) is 0 Å². The molecule has 25 heavy (non-hydrogen) atoms. The van der Waals surface area contributed by atoms with Crippen molar-refractivity contribution >= 4 is 17.6 Å². The molecular formula is C18H29N5O2. The molecule has 0 aromatic heterocycles. The molecule has 0 saturated carbocycles. The number of ether oxygens (including phenoxy) is 1. The molecule has 0 aliphatic carbocycles. The minimum atomic E-state index is -0.00402. The van der Waals surface area contributed by atoms with Gasteiger partial charge in [0.2, 0.25) is 5.91 Å². The third-order valence-corrected chi connectivity index (χ3v) is 4.20. The standard InChI is InChI=1S/C18H29N5O2/c1-4-9-20-17(24)14-21-18(19-2)23-12-10-22(11-13-23)15-7-5-6-8-16(15)25-3/h5-8H,4,9-14H2,1-3H3,(H,19,21)(H,20,24). The molecule has 1 aliphatic rings. The number of rotatable bonds is 6. The maximum absolute atomic E-state index is 11.7. The van der Waals surface area contributed by atoms with Gasteiger partial charge in [0, 0.05) is 39.8 Å². The van der Waals surface area contributed by atoms with E-state index in [4.69, 9.17) is 4.74 Å². The van der Waals surface area contributed by atoms with Crippen molar-refractivity contribution in [2.24, 2.45) is 4.99 Å². The first-order valence-corrected chi connectivity index (χ1v) is 8.79. The molecule has 1 fully saturated rings. The lowest BCUT2D eigenvalue weighted by Gasteiger charge is -2.38. The highest BCUT2D eigenvalue weighted by Gasteiger charge is 2.21. The van der Waals surface area contributed by atoms with Gasteiger partial charge in [0.25, 0.3) is 0 Å². The van der Waals surface area contributed by atoms with Crippen LogP contribution in [0.1, 0.15) is 13.3 Å². The van der Waals surface area contributed by atoms with Crippen molar-refractivity contribution in [2.45, 2.75) is 13.3 Å². The maximum atomic E-state index is 11.7. The summed E-state index contributed by atoms with van der Waals surface area (Å²) in [6, 6.07) is 8.07. The Labute approximate surface area is 150 Å². The fourth-order valence-corrected chi connectivity index (χ4v) is 2.87. The number of piperazine rings is 1. The van der Waals surface area contributed by atoms with Crippen molar-refractivity contribution in [3.63, 3.8) is 0 Å². The lowest BCUT2D eigenvalue weighted by molar-refractivity contribution is -0.120. The number of methoxy groups -OCH3 is 1. The van der Waals surface area contributed by atoms with Crippen LogP contribution in [-0.4, -0.2) is 70.2 Å². The first kappa shape index (κ1) is 18.9. The number of nitrogens with one attached hydrogen (secondary N) is 2. The number of para-hydroxylation sites is 2. The summed E-state index contributed by atoms with van der Waals surface area (Å²) < 4.78 is 5.46. The van der Waals surface area contributed by atoms with Gasteiger partial charge >= 0.3 is 0 Å². The average Bonchev–Trinajstić information content (AvgIpc) is 2.67. The van der Waals surface area contributed by atoms with Gasteiger partial charge < -0.3 is 25.2 Å². The zero-order valence-corrected chi connectivity index (χ0v) is 15.4. The molecule has 0 radical (unpaired) electrons. The zero-order valence-electron chi connectivity index (χ0n) is 15.4. The van der Waals surface area contributed by atoms with Crippen LogP contribution in [0.15, 0.2) is 29.3 Å². The molecular weight excluding hydrogens is 318 g/mol. The van der Waals surface area contributed by atoms with Crippen molar-refractivity contribution in [1.82, 2.24) is 15.5 Å². The number of amides is 1. The number of benzene rings is 1. The third-order valence-electron chi connectivity index (χ3n) is 4.20. The Morgan fingerprint density at radius 3 is 2.56 bits per heavy atom. The number of hydrogen-bond acceptors (Lipinski definition) is 4. The van der Waals surface area contributed by atoms with Gasteiger partial charge in [-0.25, -0.2) is 0 Å². The SMILES string of the molecule is CCCNC(=O)CNC(=NC)N1CCN(c2ccccc2OC)CC1. The van der Waals surface area contributed by atoms with Gasteiger partial charge in [-0.3, -0.25) is 9.79 Å². The monoisotopic (exact) mass is 347 g/mol. The third kappa shape index (κ3) is 5.27. The molecule has 7 heteroatoms. The van der Waals surface area contributed by atoms with E-state index in [0.717, 1.165) is 50.0 Å². The quantitative estimate of drug-likeness (QED) is 0.592. The first-order chi connectivity index (χ1) is 12.2. The Kier molecular flexibility index (Phi) is 7.37. The van der Waals surface area contributed by atoms with E-state index in [0.29, 0.717) is 6.54 Å². The minimum Gasteiger partial charge on any atom is -0.495 e. The van der Waals surface area contributed by atoms with Gasteiger partial charge in [-0.2, -0.15) is 0 Å². The summed E-state index contributed by atoms with van der Waals surface area (Å²) in [6.45, 7) is 6.43. The summed E-state index contributed by atoms with van der Waals surface area (Å²) in [5, 5.41) is 6.00. The van der Waals surface area contributed by atoms with E-state index in [2.05, 4.69) is 31.5 Å². The summed E-state index contributed by atoms with van der Waals surface area (Å²) >= 11 is 0. The van der Waals surface area contributed by atoms with E-state index in [1.807, 2.05) is 25.1 Å². The molecule has 138 valence electrons. The molecule has 0 bridgehead atoms. The van der Waals surface area contributed by atoms with E-state index >= 15 is 0 Å². The topological polar surface area (TPSA) is 69.2 Å². The predicted molar refractivity (Wildman–Crippen MR) is 101 cm³/mol. The molecule has 1 saturated heterocycles. The molecule has 1 aliphatic heterocycles. The molecule has 1 aromatic carbocycles. The minimum absolute atomic E-state index is 0.00402. The Balaban J connectivity index is 1.86. The normalized spacial score (nSPS) is 15.1. The van der Waals surface area contributed by atoms with Crippen LogP contribution in [0.2, 0.25) is 0 Å². The van der Waals surface area contributed by atoms with E-state index in [1.54, 1.807) is 14.2 Å². The number of nitrogens with zero attached hydrogens (tertiary/aromatic N) is 3. The van der Waals surface area contributed by atoms with Crippen LogP contribution in [0.25, 0.3) is 0 Å². The Morgan fingerprint density at radius 1 is 1.20 bits per heavy atom. The van der Waals surface area contributed by atoms with Crippen molar-refractivity contribution in [1.29, 1.82) is 0 Å². The largest absolute Gasteiger partial charge is 0.495 e. The van der Waals surface area contributed by atoms with Gasteiger partial charge in [0.15, 0.2) is 5.96 Å². The fourth-order valence-electron chi connectivity index (χ4n) is 2.87. The highest BCUT2D eigenvalue weighted by Crippen LogP contribution is 2.28. The number of carbonyl (C=O) groups is 1. The number of guanidine groups is 1. The van der Waals surface area contributed by atoms with Gasteiger partial charge in [-0.1, -0.05) is 19.1 Å². The average molecular weight is 347 g/mol. The van der Waals surface area contributed by atoms with Crippen LogP contribution in [0.5, 0.6) is 5.75 Å². The molecule has 1 amide bonds. The summed E-state index contributed by atoms with van der Waals surface area (Å²) in [6.07, 6.45) is 0.936. The number of anilines is 1. The summed E-state index contributed by atoms with van der Waals surface area (Å²) in [5.74, 6) is 1.66. The van der Waals surface area contributed by atoms with Crippen LogP contribution in [0, 0.1) is 0 Å². The molecule has 7 nitrogen and oxygen atoms in total. The highest BCUT2D eigenvalue weighted by molar-refractivity contribution is 5.86. The smallest absolute Gasteiger partial charge is 0.239 e. The Hall–Kier alpha value is -2.44. The number of hydrogen-bond donors (Lipinski definition) is 2. The van der Waals surface area contributed by atoms with Crippen LogP contribution in [0.3, 0.4) is 0 Å². The Bertz CT molecular complexity index is 583. The molecule has 2 N–H and O–H groups in total. The maximum Gasteiger partial charge on any atom is 0.239 e. The summed E-state index contributed by atoms with van der Waals surface area (Å²) in [4.78, 5) is 20.5. The molecule has 1 aromatic rings. The Morgan fingerprint density at radius 2 is 1.92 bits per heavy atom. The molecule has 0 atom stereocenters. The number of carbonyl (C=O) groups excluding carboxylic acids is 1. The van der Waals surface area contributed by atoms with Crippen LogP contribution in [0.4, 0.5) is 5.69 Å². The molecule has 0 unspecified atom stereocenters. The lowest BCUT2D eigenvalue weighted by Crippen LogP contribution is -2.53. The first-order valence-electron chi connectivity index (χ1n) is 8.79. The van der Waals surface area contributed by atoms with Crippen LogP contribution < -0.4 is 20.3 Å². The van der Waals surface area contributed by atoms with Crippen molar-refractivity contribution in [2.75, 3.05) is 58.3 Å². The van der Waals surface area contributed by atoms with Gasteiger partial charge in [0.05, 0.1) is 19.3 Å². The van der Waals surface area contributed by atoms with E-state index in [9.17, 15) is 4.79 Å². The van der Waals surface area contributed by atoms with E-state index < -0.39 is 0 Å². The zero-order chi connectivity index (χ0) is 18.1. The second kappa shape index (κ2) is 9.76. The van der Waals surface area contributed by atoms with Crippen molar-refractivity contribution < 1.29 is 9.53 Å². The number of aliphatic imine (C=N–C) groups is 1. The molecule has 0 spiro atoms. The molecule has 2 rings (SSSR count). The predicted octanol–water partition coefficient (Wildman–Crippen LogP) is 0.919.